The van der Waals surface area contributed by atoms with Crippen LogP contribution in [0.3, 0.4) is 0 Å². The van der Waals surface area contributed by atoms with E-state index in [1.54, 1.807) is 4.90 Å². The fraction of sp³-hybridized carbons (Fsp3) is 0.786. The monoisotopic (exact) mass is 264 g/mol. The normalized spacial score (nSPS) is 36.9. The molecule has 1 amide bonds. The van der Waals surface area contributed by atoms with E-state index in [1.807, 2.05) is 13.8 Å². The summed E-state index contributed by atoms with van der Waals surface area (Å²) in [5, 5.41) is 3.20. The van der Waals surface area contributed by atoms with E-state index in [0.29, 0.717) is 25.9 Å². The number of nitrogens with one attached hydrogen (secondary N) is 1. The van der Waals surface area contributed by atoms with Crippen molar-refractivity contribution in [2.45, 2.75) is 26.7 Å². The van der Waals surface area contributed by atoms with Crippen LogP contribution in [0.5, 0.6) is 0 Å². The summed E-state index contributed by atoms with van der Waals surface area (Å²) in [6.07, 6.45) is 1.22. The molecular formula is C14H20N2O3. The highest BCUT2D eigenvalue weighted by atomic mass is 16.2. The van der Waals surface area contributed by atoms with E-state index in [1.165, 1.54) is 0 Å². The van der Waals surface area contributed by atoms with Gasteiger partial charge in [-0.05, 0) is 18.3 Å². The van der Waals surface area contributed by atoms with Crippen LogP contribution in [0.2, 0.25) is 0 Å². The number of rotatable bonds is 1. The maximum Gasteiger partial charge on any atom is 0.237 e. The van der Waals surface area contributed by atoms with Gasteiger partial charge in [-0.2, -0.15) is 0 Å². The Morgan fingerprint density at radius 1 is 1.26 bits per heavy atom. The Morgan fingerprint density at radius 3 is 2.42 bits per heavy atom. The number of piperazine rings is 1. The Balaban J connectivity index is 1.99. The molecule has 1 N–H and O–H groups in total. The minimum Gasteiger partial charge on any atom is -0.339 e. The third kappa shape index (κ3) is 1.37. The lowest BCUT2D eigenvalue weighted by Gasteiger charge is -2.39. The van der Waals surface area contributed by atoms with E-state index >= 15 is 0 Å². The number of fused-ring (bicyclic) bond motifs is 2. The van der Waals surface area contributed by atoms with Crippen LogP contribution in [-0.2, 0) is 14.4 Å². The minimum absolute atomic E-state index is 0.114. The van der Waals surface area contributed by atoms with Gasteiger partial charge in [0.15, 0.2) is 0 Å². The first-order valence-corrected chi connectivity index (χ1v) is 7.01. The van der Waals surface area contributed by atoms with Crippen molar-refractivity contribution < 1.29 is 14.4 Å². The molecule has 2 aliphatic carbocycles. The summed E-state index contributed by atoms with van der Waals surface area (Å²) in [6.45, 7) is 6.59. The molecule has 2 saturated carbocycles. The Hall–Kier alpha value is -1.23. The molecule has 0 spiro atoms. The smallest absolute Gasteiger partial charge is 0.237 e. The second-order valence-corrected chi connectivity index (χ2v) is 6.45. The maximum absolute atomic E-state index is 12.9. The summed E-state index contributed by atoms with van der Waals surface area (Å²) in [5.41, 5.74) is -1.60. The summed E-state index contributed by atoms with van der Waals surface area (Å²) in [7, 11) is 0. The molecule has 0 aromatic rings. The topological polar surface area (TPSA) is 66.5 Å². The van der Waals surface area contributed by atoms with Crippen LogP contribution >= 0.6 is 0 Å². The molecule has 3 aliphatic rings. The summed E-state index contributed by atoms with van der Waals surface area (Å²) in [4.78, 5) is 39.1. The molecule has 3 rings (SSSR count). The number of amides is 1. The SMILES string of the molecule is CC1(C)C2CCC1(C(=O)N1CCNCC1)C(=O)C2=O. The molecule has 0 radical (unpaired) electrons. The van der Waals surface area contributed by atoms with Gasteiger partial charge in [0.25, 0.3) is 0 Å². The molecule has 5 nitrogen and oxygen atoms in total. The number of ketones is 2. The Morgan fingerprint density at radius 2 is 1.89 bits per heavy atom. The third-order valence-electron chi connectivity index (χ3n) is 5.48. The van der Waals surface area contributed by atoms with Crippen molar-refractivity contribution in [3.05, 3.63) is 0 Å². The van der Waals surface area contributed by atoms with Crippen LogP contribution in [0.4, 0.5) is 0 Å². The Bertz CT molecular complexity index is 465. The van der Waals surface area contributed by atoms with Crippen LogP contribution in [0.15, 0.2) is 0 Å². The fourth-order valence-electron chi connectivity index (χ4n) is 4.19. The van der Waals surface area contributed by atoms with Crippen molar-refractivity contribution in [1.82, 2.24) is 10.2 Å². The third-order valence-corrected chi connectivity index (χ3v) is 5.48. The van der Waals surface area contributed by atoms with Gasteiger partial charge in [-0.25, -0.2) is 0 Å². The molecule has 2 atom stereocenters. The largest absolute Gasteiger partial charge is 0.339 e. The van der Waals surface area contributed by atoms with E-state index in [9.17, 15) is 14.4 Å². The first-order chi connectivity index (χ1) is 8.93. The highest BCUT2D eigenvalue weighted by Gasteiger charge is 2.73. The average molecular weight is 264 g/mol. The first-order valence-electron chi connectivity index (χ1n) is 7.01. The molecular weight excluding hydrogens is 244 g/mol. The molecule has 2 unspecified atom stereocenters. The molecule has 3 fully saturated rings. The molecule has 1 saturated heterocycles. The lowest BCUT2D eigenvalue weighted by molar-refractivity contribution is -0.155. The van der Waals surface area contributed by atoms with Crippen molar-refractivity contribution in [3.8, 4) is 0 Å². The van der Waals surface area contributed by atoms with E-state index < -0.39 is 16.6 Å². The number of hydrogen-bond donors (Lipinski definition) is 1. The Labute approximate surface area is 112 Å². The second kappa shape index (κ2) is 3.88. The number of hydrogen-bond acceptors (Lipinski definition) is 4. The summed E-state index contributed by atoms with van der Waals surface area (Å²) >= 11 is 0. The molecule has 0 aromatic heterocycles. The highest BCUT2D eigenvalue weighted by molar-refractivity contribution is 6.47. The standard InChI is InChI=1S/C14H20N2O3/c1-13(2)9-3-4-14(13,11(18)10(9)17)12(19)16-7-5-15-6-8-16/h9,15H,3-8H2,1-2H3. The number of Topliss-reactive ketones (excluding diaryl/α,β-unsaturated/α-hetero) is 2. The molecule has 1 aliphatic heterocycles. The lowest BCUT2D eigenvalue weighted by Crippen LogP contribution is -2.56. The Kier molecular flexibility index (Phi) is 2.61. The van der Waals surface area contributed by atoms with Gasteiger partial charge in [0.1, 0.15) is 5.41 Å². The van der Waals surface area contributed by atoms with E-state index in [0.717, 1.165) is 13.1 Å². The summed E-state index contributed by atoms with van der Waals surface area (Å²) < 4.78 is 0. The number of carbonyl (C=O) groups is 3. The highest BCUT2D eigenvalue weighted by Crippen LogP contribution is 2.63. The lowest BCUT2D eigenvalue weighted by atomic mass is 9.68. The van der Waals surface area contributed by atoms with Gasteiger partial charge in [-0.1, -0.05) is 13.8 Å². The first kappa shape index (κ1) is 12.8. The van der Waals surface area contributed by atoms with Gasteiger partial charge in [0, 0.05) is 32.1 Å². The fourth-order valence-corrected chi connectivity index (χ4v) is 4.19. The van der Waals surface area contributed by atoms with Crippen molar-refractivity contribution in [1.29, 1.82) is 0 Å². The predicted molar refractivity (Wildman–Crippen MR) is 68.4 cm³/mol. The predicted octanol–water partition coefficient (Wildman–Crippen LogP) is -0.00740. The summed E-state index contributed by atoms with van der Waals surface area (Å²) in [5.74, 6) is -1.12. The van der Waals surface area contributed by atoms with Gasteiger partial charge in [-0.3, -0.25) is 14.4 Å². The number of carbonyl (C=O) groups excluding carboxylic acids is 3. The zero-order valence-corrected chi connectivity index (χ0v) is 11.5. The van der Waals surface area contributed by atoms with Crippen LogP contribution in [0.25, 0.3) is 0 Å². The second-order valence-electron chi connectivity index (χ2n) is 6.45. The zero-order valence-electron chi connectivity index (χ0n) is 11.5. The van der Waals surface area contributed by atoms with Crippen molar-refractivity contribution in [3.63, 3.8) is 0 Å². The van der Waals surface area contributed by atoms with Gasteiger partial charge >= 0.3 is 0 Å². The molecule has 2 bridgehead atoms. The molecule has 0 aromatic carbocycles. The summed E-state index contributed by atoms with van der Waals surface area (Å²) in [6, 6.07) is 0. The van der Waals surface area contributed by atoms with Crippen LogP contribution in [-0.4, -0.2) is 48.6 Å². The van der Waals surface area contributed by atoms with E-state index in [2.05, 4.69) is 5.32 Å². The van der Waals surface area contributed by atoms with Crippen LogP contribution in [0, 0.1) is 16.7 Å². The van der Waals surface area contributed by atoms with Gasteiger partial charge in [-0.15, -0.1) is 0 Å². The van der Waals surface area contributed by atoms with E-state index in [-0.39, 0.29) is 17.6 Å². The van der Waals surface area contributed by atoms with Gasteiger partial charge in [0.05, 0.1) is 0 Å². The molecule has 104 valence electrons. The average Bonchev–Trinajstić information content (AvgIpc) is 2.75. The van der Waals surface area contributed by atoms with Crippen molar-refractivity contribution in [2.75, 3.05) is 26.2 Å². The van der Waals surface area contributed by atoms with E-state index in [4.69, 9.17) is 0 Å². The molecule has 5 heteroatoms. The van der Waals surface area contributed by atoms with Crippen LogP contribution < -0.4 is 5.32 Å². The number of nitrogens with zero attached hydrogens (tertiary/aromatic N) is 1. The zero-order chi connectivity index (χ0) is 13.8. The van der Waals surface area contributed by atoms with Gasteiger partial charge in [0.2, 0.25) is 17.5 Å². The van der Waals surface area contributed by atoms with Gasteiger partial charge < -0.3 is 10.2 Å². The van der Waals surface area contributed by atoms with Crippen LogP contribution in [0.1, 0.15) is 26.7 Å². The van der Waals surface area contributed by atoms with Crippen molar-refractivity contribution >= 4 is 17.5 Å². The van der Waals surface area contributed by atoms with Crippen molar-refractivity contribution in [2.24, 2.45) is 16.7 Å². The minimum atomic E-state index is -1.08. The molecule has 1 heterocycles. The molecule has 19 heavy (non-hydrogen) atoms. The maximum atomic E-state index is 12.9. The quantitative estimate of drug-likeness (QED) is 0.534.